The molecule has 0 aromatic heterocycles. The molecule has 1 aliphatic carbocycles. The predicted molar refractivity (Wildman–Crippen MR) is 118 cm³/mol. The Kier molecular flexibility index (Phi) is 8.13. The van der Waals surface area contributed by atoms with Crippen molar-refractivity contribution in [1.29, 1.82) is 0 Å². The molecule has 4 rings (SSSR count). The number of alkyl halides is 2. The second kappa shape index (κ2) is 11.1. The van der Waals surface area contributed by atoms with Gasteiger partial charge in [0.15, 0.2) is 23.7 Å². The first-order chi connectivity index (χ1) is 17.6. The maximum atomic E-state index is 14.8. The Morgan fingerprint density at radius 1 is 0.919 bits per heavy atom. The van der Waals surface area contributed by atoms with Crippen molar-refractivity contribution in [2.45, 2.75) is 38.1 Å². The lowest BCUT2D eigenvalue weighted by Gasteiger charge is -2.38. The van der Waals surface area contributed by atoms with Crippen molar-refractivity contribution < 1.29 is 50.1 Å². The van der Waals surface area contributed by atoms with Crippen molar-refractivity contribution in [3.8, 4) is 11.5 Å². The van der Waals surface area contributed by atoms with Crippen LogP contribution >= 0.6 is 0 Å². The summed E-state index contributed by atoms with van der Waals surface area (Å²) in [6.45, 7) is 4.64. The molecule has 0 spiro atoms. The van der Waals surface area contributed by atoms with E-state index in [2.05, 4.69) is 11.3 Å². The van der Waals surface area contributed by atoms with Crippen LogP contribution in [-0.2, 0) is 9.47 Å². The third-order valence-electron chi connectivity index (χ3n) is 6.50. The van der Waals surface area contributed by atoms with Crippen LogP contribution in [0.15, 0.2) is 43.0 Å². The summed E-state index contributed by atoms with van der Waals surface area (Å²) in [5.74, 6) is -9.87. The molecule has 0 amide bonds. The summed E-state index contributed by atoms with van der Waals surface area (Å²) in [6.07, 6.45) is -1.14. The standard InChI is InChI=1S/C26H24F6O5/c1-2-14-12-34-25(35-13-14)15-3-5-16(6-4-15)26(31,32)37-17-7-8-19(20(27)9-17)24(33)36-18-10-21(28)23(30)22(29)11-18/h2,7-11,14-16,25H,1,3-6,12-13H2. The van der Waals surface area contributed by atoms with Crippen LogP contribution in [0.1, 0.15) is 36.0 Å². The Labute approximate surface area is 209 Å². The maximum Gasteiger partial charge on any atom is 0.400 e. The van der Waals surface area contributed by atoms with E-state index in [1.54, 1.807) is 6.08 Å². The van der Waals surface area contributed by atoms with Crippen molar-refractivity contribution >= 4 is 5.97 Å². The van der Waals surface area contributed by atoms with Gasteiger partial charge in [0.1, 0.15) is 17.3 Å². The molecule has 5 nitrogen and oxygen atoms in total. The number of carbonyl (C=O) groups is 1. The third kappa shape index (κ3) is 6.27. The molecule has 0 N–H and O–H groups in total. The number of hydrogen-bond donors (Lipinski definition) is 0. The largest absolute Gasteiger partial charge is 0.432 e. The molecule has 2 aromatic rings. The summed E-state index contributed by atoms with van der Waals surface area (Å²) >= 11 is 0. The van der Waals surface area contributed by atoms with Gasteiger partial charge in [-0.3, -0.25) is 0 Å². The van der Waals surface area contributed by atoms with E-state index in [4.69, 9.17) is 14.2 Å². The Hall–Kier alpha value is -3.05. The molecule has 0 unspecified atom stereocenters. The summed E-state index contributed by atoms with van der Waals surface area (Å²) in [5.41, 5.74) is -0.701. The molecular weight excluding hydrogens is 506 g/mol. The summed E-state index contributed by atoms with van der Waals surface area (Å²) in [7, 11) is 0. The Morgan fingerprint density at radius 3 is 2.08 bits per heavy atom. The number of esters is 1. The van der Waals surface area contributed by atoms with Crippen LogP contribution in [0.2, 0.25) is 0 Å². The van der Waals surface area contributed by atoms with E-state index in [1.807, 2.05) is 0 Å². The van der Waals surface area contributed by atoms with Crippen LogP contribution in [0.3, 0.4) is 0 Å². The van der Waals surface area contributed by atoms with Crippen LogP contribution in [0.4, 0.5) is 26.3 Å². The van der Waals surface area contributed by atoms with Crippen molar-refractivity contribution in [2.24, 2.45) is 17.8 Å². The maximum absolute atomic E-state index is 14.8. The van der Waals surface area contributed by atoms with Crippen molar-refractivity contribution in [1.82, 2.24) is 0 Å². The fourth-order valence-corrected chi connectivity index (χ4v) is 4.39. The smallest absolute Gasteiger partial charge is 0.400 e. The highest BCUT2D eigenvalue weighted by Gasteiger charge is 2.45. The number of hydrogen-bond acceptors (Lipinski definition) is 5. The summed E-state index contributed by atoms with van der Waals surface area (Å²) in [6, 6.07) is 3.19. The highest BCUT2D eigenvalue weighted by Crippen LogP contribution is 2.42. The number of benzene rings is 2. The van der Waals surface area contributed by atoms with E-state index in [-0.39, 0.29) is 24.7 Å². The molecule has 1 aliphatic heterocycles. The zero-order chi connectivity index (χ0) is 26.7. The van der Waals surface area contributed by atoms with Gasteiger partial charge in [0.25, 0.3) is 0 Å². The molecule has 1 saturated carbocycles. The van der Waals surface area contributed by atoms with Crippen molar-refractivity contribution in [2.75, 3.05) is 13.2 Å². The van der Waals surface area contributed by atoms with Crippen molar-refractivity contribution in [3.63, 3.8) is 0 Å². The molecule has 200 valence electrons. The van der Waals surface area contributed by atoms with Crippen LogP contribution in [-0.4, -0.2) is 31.6 Å². The topological polar surface area (TPSA) is 54.0 Å². The van der Waals surface area contributed by atoms with Gasteiger partial charge < -0.3 is 18.9 Å². The van der Waals surface area contributed by atoms with Gasteiger partial charge in [0, 0.05) is 30.0 Å². The zero-order valence-electron chi connectivity index (χ0n) is 19.5. The lowest BCUT2D eigenvalue weighted by atomic mass is 9.80. The van der Waals surface area contributed by atoms with E-state index in [9.17, 15) is 31.1 Å². The van der Waals surface area contributed by atoms with E-state index >= 15 is 0 Å². The Morgan fingerprint density at radius 2 is 1.51 bits per heavy atom. The minimum Gasteiger partial charge on any atom is -0.432 e. The van der Waals surface area contributed by atoms with Gasteiger partial charge in [0.2, 0.25) is 0 Å². The van der Waals surface area contributed by atoms with E-state index in [1.165, 1.54) is 0 Å². The lowest BCUT2D eigenvalue weighted by molar-refractivity contribution is -0.244. The molecule has 0 bridgehead atoms. The molecule has 1 heterocycles. The molecule has 0 radical (unpaired) electrons. The average Bonchev–Trinajstić information content (AvgIpc) is 2.87. The average molecular weight is 530 g/mol. The molecule has 2 aromatic carbocycles. The summed E-state index contributed by atoms with van der Waals surface area (Å²) in [5, 5.41) is 0. The molecule has 0 atom stereocenters. The summed E-state index contributed by atoms with van der Waals surface area (Å²) in [4.78, 5) is 12.2. The molecular formula is C26H24F6O5. The zero-order valence-corrected chi connectivity index (χ0v) is 19.5. The van der Waals surface area contributed by atoms with Crippen LogP contribution < -0.4 is 9.47 Å². The highest BCUT2D eigenvalue weighted by molar-refractivity contribution is 5.91. The first kappa shape index (κ1) is 27.0. The highest BCUT2D eigenvalue weighted by atomic mass is 19.3. The molecule has 37 heavy (non-hydrogen) atoms. The monoisotopic (exact) mass is 530 g/mol. The second-order valence-corrected chi connectivity index (χ2v) is 9.04. The SMILES string of the molecule is C=CC1COC(C2CCC(C(F)(F)Oc3ccc(C(=O)Oc4cc(F)c(F)c(F)c4)c(F)c3)CC2)OC1. The van der Waals surface area contributed by atoms with Gasteiger partial charge in [-0.25, -0.2) is 22.4 Å². The van der Waals surface area contributed by atoms with Gasteiger partial charge in [-0.15, -0.1) is 6.58 Å². The first-order valence-corrected chi connectivity index (χ1v) is 11.7. The van der Waals surface area contributed by atoms with Crippen LogP contribution in [0.5, 0.6) is 11.5 Å². The number of halogens is 6. The van der Waals surface area contributed by atoms with Gasteiger partial charge >= 0.3 is 12.1 Å². The molecule has 11 heteroatoms. The molecule has 1 saturated heterocycles. The fourth-order valence-electron chi connectivity index (χ4n) is 4.39. The second-order valence-electron chi connectivity index (χ2n) is 9.04. The van der Waals surface area contributed by atoms with Gasteiger partial charge in [-0.2, -0.15) is 8.78 Å². The van der Waals surface area contributed by atoms with Gasteiger partial charge in [0.05, 0.1) is 24.7 Å². The van der Waals surface area contributed by atoms with Gasteiger partial charge in [-0.1, -0.05) is 6.08 Å². The molecule has 2 aliphatic rings. The Balaban J connectivity index is 1.34. The van der Waals surface area contributed by atoms with E-state index in [0.29, 0.717) is 44.3 Å². The summed E-state index contributed by atoms with van der Waals surface area (Å²) < 4.78 is 105. The lowest BCUT2D eigenvalue weighted by Crippen LogP contribution is -2.41. The molecule has 2 fully saturated rings. The Bertz CT molecular complexity index is 1120. The van der Waals surface area contributed by atoms with Gasteiger partial charge in [-0.05, 0) is 37.8 Å². The van der Waals surface area contributed by atoms with E-state index < -0.39 is 64.6 Å². The minimum absolute atomic E-state index is 0.0244. The first-order valence-electron chi connectivity index (χ1n) is 11.7. The van der Waals surface area contributed by atoms with E-state index in [0.717, 1.165) is 12.1 Å². The minimum atomic E-state index is -3.61. The fraction of sp³-hybridized carbons (Fsp3) is 0.423. The third-order valence-corrected chi connectivity index (χ3v) is 6.50. The number of carbonyl (C=O) groups excluding carboxylic acids is 1. The van der Waals surface area contributed by atoms with Crippen molar-refractivity contribution in [3.05, 3.63) is 71.8 Å². The predicted octanol–water partition coefficient (Wildman–Crippen LogP) is 6.42. The quantitative estimate of drug-likeness (QED) is 0.136. The normalized spacial score (nSPS) is 24.4. The van der Waals surface area contributed by atoms with Crippen LogP contribution in [0.25, 0.3) is 0 Å². The number of ether oxygens (including phenoxy) is 4. The number of rotatable bonds is 7. The van der Waals surface area contributed by atoms with Crippen LogP contribution in [0, 0.1) is 41.0 Å².